The zero-order chi connectivity index (χ0) is 14.3. The normalized spacial score (nSPS) is 11.1. The van der Waals surface area contributed by atoms with E-state index in [0.717, 1.165) is 6.42 Å². The van der Waals surface area contributed by atoms with Crippen LogP contribution in [0.25, 0.3) is 0 Å². The van der Waals surface area contributed by atoms with E-state index in [1.807, 2.05) is 39.0 Å². The van der Waals surface area contributed by atoms with Gasteiger partial charge in [-0.15, -0.1) is 0 Å². The number of ketones is 1. The van der Waals surface area contributed by atoms with Crippen LogP contribution in [-0.4, -0.2) is 18.4 Å². The molecule has 0 fully saturated rings. The summed E-state index contributed by atoms with van der Waals surface area (Å²) in [5.74, 6) is -0.0575. The van der Waals surface area contributed by atoms with Gasteiger partial charge in [-0.1, -0.05) is 39.0 Å². The van der Waals surface area contributed by atoms with Crippen LogP contribution in [0.3, 0.4) is 0 Å². The fraction of sp³-hybridized carbons (Fsp3) is 0.500. The van der Waals surface area contributed by atoms with Crippen LogP contribution in [0.2, 0.25) is 0 Å². The summed E-state index contributed by atoms with van der Waals surface area (Å²) < 4.78 is 5.31. The van der Waals surface area contributed by atoms with Gasteiger partial charge in [-0.2, -0.15) is 0 Å². The molecule has 19 heavy (non-hydrogen) atoms. The third-order valence-electron chi connectivity index (χ3n) is 3.08. The maximum atomic E-state index is 11.8. The second-order valence-corrected chi connectivity index (χ2v) is 5.50. The minimum Gasteiger partial charge on any atom is -0.462 e. The molecular formula is C16H22O3. The maximum Gasteiger partial charge on any atom is 0.338 e. The van der Waals surface area contributed by atoms with Gasteiger partial charge in [0.05, 0.1) is 12.2 Å². The number of ether oxygens (including phenoxy) is 1. The highest BCUT2D eigenvalue weighted by molar-refractivity contribution is 5.89. The summed E-state index contributed by atoms with van der Waals surface area (Å²) in [7, 11) is 0. The topological polar surface area (TPSA) is 43.4 Å². The number of hydrogen-bond acceptors (Lipinski definition) is 3. The van der Waals surface area contributed by atoms with Crippen molar-refractivity contribution in [2.75, 3.05) is 6.61 Å². The summed E-state index contributed by atoms with van der Waals surface area (Å²) in [5.41, 5.74) is 0.387. The fourth-order valence-corrected chi connectivity index (χ4v) is 1.65. The largest absolute Gasteiger partial charge is 0.462 e. The average Bonchev–Trinajstić information content (AvgIpc) is 2.43. The molecule has 1 aromatic rings. The van der Waals surface area contributed by atoms with Crippen molar-refractivity contribution in [1.82, 2.24) is 0 Å². The SMILES string of the molecule is CCC(=O)CCC(C)(C)COC(=O)c1ccccc1. The van der Waals surface area contributed by atoms with Gasteiger partial charge in [0, 0.05) is 12.8 Å². The molecule has 3 heteroatoms. The lowest BCUT2D eigenvalue weighted by molar-refractivity contribution is -0.119. The van der Waals surface area contributed by atoms with Gasteiger partial charge >= 0.3 is 5.97 Å². The Morgan fingerprint density at radius 3 is 2.37 bits per heavy atom. The smallest absolute Gasteiger partial charge is 0.338 e. The first-order valence-electron chi connectivity index (χ1n) is 6.68. The highest BCUT2D eigenvalue weighted by atomic mass is 16.5. The number of carbonyl (C=O) groups is 2. The van der Waals surface area contributed by atoms with Crippen LogP contribution < -0.4 is 0 Å². The third-order valence-corrected chi connectivity index (χ3v) is 3.08. The fourth-order valence-electron chi connectivity index (χ4n) is 1.65. The van der Waals surface area contributed by atoms with Crippen molar-refractivity contribution in [2.45, 2.75) is 40.0 Å². The molecule has 0 spiro atoms. The second-order valence-electron chi connectivity index (χ2n) is 5.50. The zero-order valence-electron chi connectivity index (χ0n) is 11.9. The molecule has 0 amide bonds. The molecule has 0 atom stereocenters. The second kappa shape index (κ2) is 7.07. The van der Waals surface area contributed by atoms with Crippen LogP contribution in [0.1, 0.15) is 50.4 Å². The summed E-state index contributed by atoms with van der Waals surface area (Å²) >= 11 is 0. The van der Waals surface area contributed by atoms with Gasteiger partial charge in [-0.25, -0.2) is 4.79 Å². The minimum atomic E-state index is -0.310. The van der Waals surface area contributed by atoms with E-state index in [1.54, 1.807) is 12.1 Å². The first-order chi connectivity index (χ1) is 8.94. The summed E-state index contributed by atoms with van der Waals surface area (Å²) in [6.45, 7) is 6.21. The highest BCUT2D eigenvalue weighted by Crippen LogP contribution is 2.23. The predicted octanol–water partition coefficient (Wildman–Crippen LogP) is 3.63. The van der Waals surface area contributed by atoms with E-state index >= 15 is 0 Å². The van der Waals surface area contributed by atoms with E-state index in [0.29, 0.717) is 25.0 Å². The molecule has 0 aliphatic rings. The Kier molecular flexibility index (Phi) is 5.74. The van der Waals surface area contributed by atoms with Crippen molar-refractivity contribution in [3.63, 3.8) is 0 Å². The molecule has 0 saturated carbocycles. The Balaban J connectivity index is 2.42. The number of rotatable bonds is 7. The number of esters is 1. The minimum absolute atomic E-state index is 0.171. The molecule has 1 rings (SSSR count). The number of benzene rings is 1. The van der Waals surface area contributed by atoms with E-state index in [2.05, 4.69) is 0 Å². The van der Waals surface area contributed by atoms with Gasteiger partial charge in [0.25, 0.3) is 0 Å². The van der Waals surface area contributed by atoms with Gasteiger partial charge in [-0.05, 0) is 24.0 Å². The molecule has 0 aromatic heterocycles. The van der Waals surface area contributed by atoms with E-state index in [4.69, 9.17) is 4.74 Å². The Bertz CT molecular complexity index is 421. The lowest BCUT2D eigenvalue weighted by Gasteiger charge is -2.23. The van der Waals surface area contributed by atoms with Gasteiger partial charge < -0.3 is 4.74 Å². The van der Waals surface area contributed by atoms with Gasteiger partial charge in [0.15, 0.2) is 0 Å². The molecule has 0 radical (unpaired) electrons. The monoisotopic (exact) mass is 262 g/mol. The molecular weight excluding hydrogens is 240 g/mol. The predicted molar refractivity (Wildman–Crippen MR) is 75.0 cm³/mol. The van der Waals surface area contributed by atoms with Crippen LogP contribution >= 0.6 is 0 Å². The van der Waals surface area contributed by atoms with E-state index in [9.17, 15) is 9.59 Å². The van der Waals surface area contributed by atoms with Gasteiger partial charge in [0.2, 0.25) is 0 Å². The highest BCUT2D eigenvalue weighted by Gasteiger charge is 2.21. The summed E-state index contributed by atoms with van der Waals surface area (Å²) in [5, 5.41) is 0. The maximum absolute atomic E-state index is 11.8. The number of carbonyl (C=O) groups excluding carboxylic acids is 2. The standard InChI is InChI=1S/C16H22O3/c1-4-14(17)10-11-16(2,3)12-19-15(18)13-8-6-5-7-9-13/h5-9H,4,10-12H2,1-3H3. The number of hydrogen-bond donors (Lipinski definition) is 0. The molecule has 0 aliphatic heterocycles. The van der Waals surface area contributed by atoms with E-state index < -0.39 is 0 Å². The van der Waals surface area contributed by atoms with Crippen molar-refractivity contribution in [2.24, 2.45) is 5.41 Å². The Morgan fingerprint density at radius 1 is 1.16 bits per heavy atom. The molecule has 3 nitrogen and oxygen atoms in total. The first-order valence-corrected chi connectivity index (χ1v) is 6.68. The lowest BCUT2D eigenvalue weighted by atomic mass is 9.87. The molecule has 0 N–H and O–H groups in total. The van der Waals surface area contributed by atoms with Gasteiger partial charge in [0.1, 0.15) is 5.78 Å². The molecule has 0 aliphatic carbocycles. The van der Waals surface area contributed by atoms with Crippen molar-refractivity contribution in [1.29, 1.82) is 0 Å². The van der Waals surface area contributed by atoms with Crippen LogP contribution in [0.15, 0.2) is 30.3 Å². The van der Waals surface area contributed by atoms with E-state index in [-0.39, 0.29) is 17.2 Å². The van der Waals surface area contributed by atoms with E-state index in [1.165, 1.54) is 0 Å². The Hall–Kier alpha value is -1.64. The molecule has 104 valence electrons. The van der Waals surface area contributed by atoms with Crippen LogP contribution in [0.4, 0.5) is 0 Å². The molecule has 1 aromatic carbocycles. The van der Waals surface area contributed by atoms with Crippen molar-refractivity contribution in [3.05, 3.63) is 35.9 Å². The zero-order valence-corrected chi connectivity index (χ0v) is 11.9. The van der Waals surface area contributed by atoms with Crippen LogP contribution in [0.5, 0.6) is 0 Å². The summed E-state index contributed by atoms with van der Waals surface area (Å²) in [6.07, 6.45) is 1.86. The number of Topliss-reactive ketones (excluding diaryl/α,β-unsaturated/α-hetero) is 1. The molecule has 0 saturated heterocycles. The van der Waals surface area contributed by atoms with Crippen molar-refractivity contribution in [3.8, 4) is 0 Å². The average molecular weight is 262 g/mol. The van der Waals surface area contributed by atoms with Crippen LogP contribution in [-0.2, 0) is 9.53 Å². The summed E-state index contributed by atoms with van der Waals surface area (Å²) in [4.78, 5) is 23.1. The molecule has 0 unspecified atom stereocenters. The summed E-state index contributed by atoms with van der Waals surface area (Å²) in [6, 6.07) is 8.94. The van der Waals surface area contributed by atoms with Crippen molar-refractivity contribution >= 4 is 11.8 Å². The first kappa shape index (κ1) is 15.4. The Labute approximate surface area is 115 Å². The van der Waals surface area contributed by atoms with Gasteiger partial charge in [-0.3, -0.25) is 4.79 Å². The van der Waals surface area contributed by atoms with Crippen molar-refractivity contribution < 1.29 is 14.3 Å². The molecule has 0 bridgehead atoms. The Morgan fingerprint density at radius 2 is 1.79 bits per heavy atom. The van der Waals surface area contributed by atoms with Crippen LogP contribution in [0, 0.1) is 5.41 Å². The lowest BCUT2D eigenvalue weighted by Crippen LogP contribution is -2.23. The third kappa shape index (κ3) is 5.69. The molecule has 0 heterocycles. The quantitative estimate of drug-likeness (QED) is 0.705.